The molecule has 1 saturated heterocycles. The summed E-state index contributed by atoms with van der Waals surface area (Å²) in [6.07, 6.45) is 0. The van der Waals surface area contributed by atoms with Gasteiger partial charge in [0.25, 0.3) is 0 Å². The summed E-state index contributed by atoms with van der Waals surface area (Å²) in [5.41, 5.74) is 3.94. The minimum Gasteiger partial charge on any atom is -0.497 e. The number of hydrogen-bond acceptors (Lipinski definition) is 3. The number of rotatable bonds is 8. The minimum absolute atomic E-state index is 0.171. The van der Waals surface area contributed by atoms with Crippen LogP contribution in [0.3, 0.4) is 0 Å². The molecule has 3 rings (SSSR count). The number of methoxy groups -OCH3 is 1. The molecule has 2 atom stereocenters. The molecule has 30 heavy (non-hydrogen) atoms. The molecule has 4 nitrogen and oxygen atoms in total. The van der Waals surface area contributed by atoms with Crippen molar-refractivity contribution in [2.75, 3.05) is 33.3 Å². The van der Waals surface area contributed by atoms with Crippen LogP contribution < -0.4 is 4.74 Å². The van der Waals surface area contributed by atoms with Crippen LogP contribution in [0.5, 0.6) is 5.75 Å². The van der Waals surface area contributed by atoms with Crippen molar-refractivity contribution in [3.05, 3.63) is 65.2 Å². The molecule has 1 heterocycles. The van der Waals surface area contributed by atoms with Crippen LogP contribution in [0, 0.1) is 18.8 Å². The zero-order valence-corrected chi connectivity index (χ0v) is 19.1. The molecule has 2 aromatic carbocycles. The van der Waals surface area contributed by atoms with E-state index >= 15 is 0 Å². The van der Waals surface area contributed by atoms with E-state index in [1.165, 1.54) is 16.7 Å². The maximum Gasteiger partial charge on any atom is 0.219 e. The summed E-state index contributed by atoms with van der Waals surface area (Å²) in [6.45, 7) is 12.7. The van der Waals surface area contributed by atoms with Crippen molar-refractivity contribution in [3.8, 4) is 5.75 Å². The van der Waals surface area contributed by atoms with Crippen LogP contribution in [-0.2, 0) is 11.3 Å². The predicted octanol–water partition coefficient (Wildman–Crippen LogP) is 4.72. The van der Waals surface area contributed by atoms with Gasteiger partial charge in [-0.1, -0.05) is 55.8 Å². The number of amides is 1. The van der Waals surface area contributed by atoms with Gasteiger partial charge in [-0.15, -0.1) is 0 Å². The Morgan fingerprint density at radius 1 is 1.17 bits per heavy atom. The Morgan fingerprint density at radius 2 is 1.90 bits per heavy atom. The fourth-order valence-electron chi connectivity index (χ4n) is 4.53. The van der Waals surface area contributed by atoms with Gasteiger partial charge in [0.2, 0.25) is 5.91 Å². The van der Waals surface area contributed by atoms with Gasteiger partial charge in [-0.2, -0.15) is 0 Å². The molecule has 162 valence electrons. The first kappa shape index (κ1) is 22.4. The Labute approximate surface area is 181 Å². The Morgan fingerprint density at radius 3 is 2.53 bits per heavy atom. The fraction of sp³-hybridized carbons (Fsp3) is 0.500. The van der Waals surface area contributed by atoms with Gasteiger partial charge in [0.05, 0.1) is 7.11 Å². The normalized spacial score (nSPS) is 19.3. The van der Waals surface area contributed by atoms with E-state index in [9.17, 15) is 4.79 Å². The maximum absolute atomic E-state index is 12.3. The molecule has 4 heteroatoms. The van der Waals surface area contributed by atoms with E-state index in [2.05, 4.69) is 68.1 Å². The largest absolute Gasteiger partial charge is 0.497 e. The van der Waals surface area contributed by atoms with Crippen molar-refractivity contribution in [2.45, 2.75) is 40.2 Å². The van der Waals surface area contributed by atoms with Gasteiger partial charge in [0, 0.05) is 45.6 Å². The summed E-state index contributed by atoms with van der Waals surface area (Å²) >= 11 is 0. The van der Waals surface area contributed by atoms with Crippen molar-refractivity contribution in [3.63, 3.8) is 0 Å². The first-order valence-electron chi connectivity index (χ1n) is 11.0. The number of likely N-dealkylation sites (tertiary alicyclic amines) is 1. The maximum atomic E-state index is 12.3. The molecule has 1 amide bonds. The quantitative estimate of drug-likeness (QED) is 0.633. The smallest absolute Gasteiger partial charge is 0.219 e. The van der Waals surface area contributed by atoms with Crippen LogP contribution in [0.15, 0.2) is 48.5 Å². The zero-order chi connectivity index (χ0) is 21.7. The van der Waals surface area contributed by atoms with E-state index in [-0.39, 0.29) is 5.91 Å². The summed E-state index contributed by atoms with van der Waals surface area (Å²) in [5.74, 6) is 2.33. The first-order valence-corrected chi connectivity index (χ1v) is 11.0. The topological polar surface area (TPSA) is 32.8 Å². The lowest BCUT2D eigenvalue weighted by molar-refractivity contribution is -0.130. The summed E-state index contributed by atoms with van der Waals surface area (Å²) in [6, 6.07) is 17.3. The third-order valence-electron chi connectivity index (χ3n) is 6.05. The van der Waals surface area contributed by atoms with Gasteiger partial charge in [-0.3, -0.25) is 9.69 Å². The van der Waals surface area contributed by atoms with Crippen molar-refractivity contribution in [1.29, 1.82) is 0 Å². The number of benzene rings is 2. The highest BCUT2D eigenvalue weighted by atomic mass is 16.5. The number of nitrogens with zero attached hydrogens (tertiary/aromatic N) is 2. The lowest BCUT2D eigenvalue weighted by atomic mass is 9.88. The molecule has 0 spiro atoms. The zero-order valence-electron chi connectivity index (χ0n) is 19.1. The molecule has 0 N–H and O–H groups in total. The first-order chi connectivity index (χ1) is 14.4. The second-order valence-corrected chi connectivity index (χ2v) is 9.14. The Balaban J connectivity index is 1.81. The van der Waals surface area contributed by atoms with E-state index < -0.39 is 0 Å². The molecular formula is C26H36N2O2. The van der Waals surface area contributed by atoms with Gasteiger partial charge in [0.15, 0.2) is 0 Å². The Bertz CT molecular complexity index is 831. The van der Waals surface area contributed by atoms with Gasteiger partial charge >= 0.3 is 0 Å². The molecule has 2 aromatic rings. The predicted molar refractivity (Wildman–Crippen MR) is 123 cm³/mol. The summed E-state index contributed by atoms with van der Waals surface area (Å²) in [4.78, 5) is 16.9. The van der Waals surface area contributed by atoms with E-state index in [0.29, 0.717) is 17.8 Å². The van der Waals surface area contributed by atoms with Gasteiger partial charge in [0.1, 0.15) is 5.75 Å². The SMILES string of the molecule is COc1cccc(C2CN(Cc3ccc(C)cc3)CC2CN(CC(C)C)C(C)=O)c1. The number of carbonyl (C=O) groups excluding carboxylic acids is 1. The van der Waals surface area contributed by atoms with E-state index in [1.54, 1.807) is 14.0 Å². The average Bonchev–Trinajstić information content (AvgIpc) is 3.11. The third-order valence-corrected chi connectivity index (χ3v) is 6.05. The highest BCUT2D eigenvalue weighted by Crippen LogP contribution is 2.35. The standard InChI is InChI=1S/C26H36N2O2/c1-19(2)14-28(21(4)29)17-24-16-27(15-22-11-9-20(3)10-12-22)18-26(24)23-7-6-8-25(13-23)30-5/h6-13,19,24,26H,14-18H2,1-5H3. The number of aryl methyl sites for hydroxylation is 1. The summed E-state index contributed by atoms with van der Waals surface area (Å²) in [7, 11) is 1.72. The van der Waals surface area contributed by atoms with Crippen LogP contribution in [-0.4, -0.2) is 49.0 Å². The van der Waals surface area contributed by atoms with Gasteiger partial charge in [-0.25, -0.2) is 0 Å². The lowest BCUT2D eigenvalue weighted by Gasteiger charge is -2.29. The molecule has 1 fully saturated rings. The molecule has 0 aliphatic carbocycles. The molecule has 1 aliphatic rings. The monoisotopic (exact) mass is 408 g/mol. The third kappa shape index (κ3) is 5.85. The van der Waals surface area contributed by atoms with Crippen molar-refractivity contribution >= 4 is 5.91 Å². The number of carbonyl (C=O) groups is 1. The van der Waals surface area contributed by atoms with Crippen LogP contribution >= 0.6 is 0 Å². The molecular weight excluding hydrogens is 372 g/mol. The van der Waals surface area contributed by atoms with Gasteiger partial charge in [-0.05, 0) is 42.0 Å². The molecule has 0 saturated carbocycles. The highest BCUT2D eigenvalue weighted by molar-refractivity contribution is 5.73. The molecule has 0 radical (unpaired) electrons. The van der Waals surface area contributed by atoms with Gasteiger partial charge < -0.3 is 9.64 Å². The van der Waals surface area contributed by atoms with E-state index in [0.717, 1.165) is 38.5 Å². The Kier molecular flexibility index (Phi) is 7.54. The molecule has 1 aliphatic heterocycles. The molecule has 2 unspecified atom stereocenters. The fourth-order valence-corrected chi connectivity index (χ4v) is 4.53. The highest BCUT2D eigenvalue weighted by Gasteiger charge is 2.35. The second-order valence-electron chi connectivity index (χ2n) is 9.14. The number of ether oxygens (including phenoxy) is 1. The van der Waals surface area contributed by atoms with Crippen LogP contribution in [0.1, 0.15) is 43.4 Å². The molecule has 0 bridgehead atoms. The van der Waals surface area contributed by atoms with Crippen molar-refractivity contribution in [2.24, 2.45) is 11.8 Å². The molecule has 0 aromatic heterocycles. The summed E-state index contributed by atoms with van der Waals surface area (Å²) in [5, 5.41) is 0. The van der Waals surface area contributed by atoms with E-state index in [1.807, 2.05) is 11.0 Å². The van der Waals surface area contributed by atoms with E-state index in [4.69, 9.17) is 4.74 Å². The average molecular weight is 409 g/mol. The van der Waals surface area contributed by atoms with Crippen molar-refractivity contribution in [1.82, 2.24) is 9.80 Å². The number of hydrogen-bond donors (Lipinski definition) is 0. The van der Waals surface area contributed by atoms with Crippen molar-refractivity contribution < 1.29 is 9.53 Å². The summed E-state index contributed by atoms with van der Waals surface area (Å²) < 4.78 is 5.48. The second kappa shape index (κ2) is 10.1. The van der Waals surface area contributed by atoms with Crippen LogP contribution in [0.25, 0.3) is 0 Å². The Hall–Kier alpha value is -2.33. The lowest BCUT2D eigenvalue weighted by Crippen LogP contribution is -2.38. The van der Waals surface area contributed by atoms with Crippen LogP contribution in [0.4, 0.5) is 0 Å². The minimum atomic E-state index is 0.171. The van der Waals surface area contributed by atoms with Crippen LogP contribution in [0.2, 0.25) is 0 Å².